The van der Waals surface area contributed by atoms with Crippen molar-refractivity contribution in [2.24, 2.45) is 0 Å². The molecule has 31 heavy (non-hydrogen) atoms. The van der Waals surface area contributed by atoms with Gasteiger partial charge in [-0.2, -0.15) is 0 Å². The van der Waals surface area contributed by atoms with E-state index in [1.807, 2.05) is 0 Å². The fourth-order valence-electron chi connectivity index (χ4n) is 3.86. The molecule has 0 bridgehead atoms. The number of methoxy groups -OCH3 is 3. The van der Waals surface area contributed by atoms with Crippen molar-refractivity contribution >= 4 is 5.97 Å². The third kappa shape index (κ3) is 6.70. The smallest absolute Gasteiger partial charge is 0.338 e. The Balaban J connectivity index is 1.38. The van der Waals surface area contributed by atoms with Crippen LogP contribution in [0.2, 0.25) is 0 Å². The second-order valence-corrected chi connectivity index (χ2v) is 7.59. The molecule has 3 rings (SSSR count). The fraction of sp³-hybridized carbons (Fsp3) is 0.682. The van der Waals surface area contributed by atoms with E-state index in [9.17, 15) is 4.79 Å². The molecule has 174 valence electrons. The molecule has 0 saturated carbocycles. The summed E-state index contributed by atoms with van der Waals surface area (Å²) in [5.41, 5.74) is 0.361. The summed E-state index contributed by atoms with van der Waals surface area (Å²) in [6, 6.07) is 3.19. The number of ether oxygens (including phenoxy) is 6. The Morgan fingerprint density at radius 3 is 2.29 bits per heavy atom. The molecule has 1 atom stereocenters. The van der Waals surface area contributed by atoms with Gasteiger partial charge >= 0.3 is 5.97 Å². The predicted molar refractivity (Wildman–Crippen MR) is 114 cm³/mol. The average Bonchev–Trinajstić information content (AvgIpc) is 3.26. The number of hydrogen-bond acceptors (Lipinski definition) is 9. The SMILES string of the molecule is COc1cc(C(=O)OCCN2CCC(OCCN3CCOCC3)C2)cc(OC)c1OC. The van der Waals surface area contributed by atoms with E-state index < -0.39 is 5.97 Å². The van der Waals surface area contributed by atoms with Crippen molar-refractivity contribution in [1.82, 2.24) is 9.80 Å². The number of hydrogen-bond donors (Lipinski definition) is 0. The lowest BCUT2D eigenvalue weighted by Crippen LogP contribution is -2.39. The normalized spacial score (nSPS) is 19.9. The molecule has 0 amide bonds. The van der Waals surface area contributed by atoms with Crippen LogP contribution < -0.4 is 14.2 Å². The van der Waals surface area contributed by atoms with E-state index in [-0.39, 0.29) is 6.10 Å². The maximum Gasteiger partial charge on any atom is 0.338 e. The number of nitrogens with zero attached hydrogens (tertiary/aromatic N) is 2. The van der Waals surface area contributed by atoms with Crippen LogP contribution in [0.1, 0.15) is 16.8 Å². The van der Waals surface area contributed by atoms with Gasteiger partial charge in [-0.3, -0.25) is 9.80 Å². The molecule has 0 N–H and O–H groups in total. The molecular weight excluding hydrogens is 404 g/mol. The van der Waals surface area contributed by atoms with Crippen molar-refractivity contribution in [2.45, 2.75) is 12.5 Å². The quantitative estimate of drug-likeness (QED) is 0.475. The first-order valence-corrected chi connectivity index (χ1v) is 10.8. The molecular formula is C22H34N2O7. The lowest BCUT2D eigenvalue weighted by atomic mass is 10.2. The number of rotatable bonds is 11. The highest BCUT2D eigenvalue weighted by atomic mass is 16.5. The summed E-state index contributed by atoms with van der Waals surface area (Å²) < 4.78 is 32.7. The Kier molecular flexibility index (Phi) is 9.20. The third-order valence-electron chi connectivity index (χ3n) is 5.64. The number of benzene rings is 1. The number of likely N-dealkylation sites (tertiary alicyclic amines) is 1. The van der Waals surface area contributed by atoms with Crippen LogP contribution in [-0.4, -0.2) is 109 Å². The lowest BCUT2D eigenvalue weighted by molar-refractivity contribution is 0.00370. The number of morpholine rings is 1. The molecule has 2 saturated heterocycles. The summed E-state index contributed by atoms with van der Waals surface area (Å²) in [5.74, 6) is 0.867. The maximum absolute atomic E-state index is 12.5. The summed E-state index contributed by atoms with van der Waals surface area (Å²) >= 11 is 0. The number of carbonyl (C=O) groups is 1. The molecule has 2 fully saturated rings. The van der Waals surface area contributed by atoms with Crippen molar-refractivity contribution in [3.63, 3.8) is 0 Å². The minimum Gasteiger partial charge on any atom is -0.493 e. The molecule has 0 spiro atoms. The van der Waals surface area contributed by atoms with Crippen molar-refractivity contribution in [2.75, 3.05) is 87.0 Å². The van der Waals surface area contributed by atoms with E-state index in [4.69, 9.17) is 28.4 Å². The zero-order valence-electron chi connectivity index (χ0n) is 18.8. The van der Waals surface area contributed by atoms with Crippen LogP contribution in [0.4, 0.5) is 0 Å². The second kappa shape index (κ2) is 12.1. The van der Waals surface area contributed by atoms with Crippen LogP contribution in [0, 0.1) is 0 Å². The Morgan fingerprint density at radius 1 is 0.968 bits per heavy atom. The average molecular weight is 439 g/mol. The van der Waals surface area contributed by atoms with Crippen molar-refractivity contribution in [3.05, 3.63) is 17.7 Å². The summed E-state index contributed by atoms with van der Waals surface area (Å²) in [6.45, 7) is 8.10. The van der Waals surface area contributed by atoms with E-state index in [2.05, 4.69) is 9.80 Å². The summed E-state index contributed by atoms with van der Waals surface area (Å²) in [5, 5.41) is 0. The summed E-state index contributed by atoms with van der Waals surface area (Å²) in [4.78, 5) is 17.1. The fourth-order valence-corrected chi connectivity index (χ4v) is 3.86. The molecule has 1 unspecified atom stereocenters. The molecule has 0 aromatic heterocycles. The second-order valence-electron chi connectivity index (χ2n) is 7.59. The van der Waals surface area contributed by atoms with E-state index >= 15 is 0 Å². The first kappa shape index (κ1) is 23.6. The minimum absolute atomic E-state index is 0.242. The topological polar surface area (TPSA) is 78.9 Å². The Morgan fingerprint density at radius 2 is 1.65 bits per heavy atom. The van der Waals surface area contributed by atoms with Crippen LogP contribution in [0.5, 0.6) is 17.2 Å². The van der Waals surface area contributed by atoms with E-state index in [0.717, 1.165) is 59.0 Å². The van der Waals surface area contributed by atoms with Gasteiger partial charge in [0.15, 0.2) is 11.5 Å². The molecule has 9 heteroatoms. The maximum atomic E-state index is 12.5. The van der Waals surface area contributed by atoms with Gasteiger partial charge in [0.2, 0.25) is 5.75 Å². The number of carbonyl (C=O) groups excluding carboxylic acids is 1. The Hall–Kier alpha value is -2.07. The Labute approximate surface area is 184 Å². The lowest BCUT2D eigenvalue weighted by Gasteiger charge is -2.26. The van der Waals surface area contributed by atoms with E-state index in [0.29, 0.717) is 36.0 Å². The van der Waals surface area contributed by atoms with Gasteiger partial charge < -0.3 is 28.4 Å². The van der Waals surface area contributed by atoms with E-state index in [1.165, 1.54) is 21.3 Å². The monoisotopic (exact) mass is 438 g/mol. The Bertz CT molecular complexity index is 684. The minimum atomic E-state index is -0.420. The molecule has 2 aliphatic heterocycles. The van der Waals surface area contributed by atoms with Crippen molar-refractivity contribution in [3.8, 4) is 17.2 Å². The molecule has 0 aliphatic carbocycles. The van der Waals surface area contributed by atoms with Crippen molar-refractivity contribution in [1.29, 1.82) is 0 Å². The zero-order chi connectivity index (χ0) is 22.1. The van der Waals surface area contributed by atoms with Gasteiger partial charge in [-0.25, -0.2) is 4.79 Å². The molecule has 9 nitrogen and oxygen atoms in total. The highest BCUT2D eigenvalue weighted by molar-refractivity contribution is 5.91. The molecule has 2 aliphatic rings. The first-order chi connectivity index (χ1) is 15.1. The largest absolute Gasteiger partial charge is 0.493 e. The molecule has 1 aromatic carbocycles. The standard InChI is InChI=1S/C22H34N2O7/c1-26-19-14-17(15-20(27-2)21(19)28-3)22(25)31-13-9-24-5-4-18(16-24)30-12-8-23-6-10-29-11-7-23/h14-15,18H,4-13,16H2,1-3H3. The van der Waals surface area contributed by atoms with Gasteiger partial charge in [0.1, 0.15) is 6.61 Å². The van der Waals surface area contributed by atoms with Gasteiger partial charge in [-0.1, -0.05) is 0 Å². The predicted octanol–water partition coefficient (Wildman–Crippen LogP) is 1.29. The van der Waals surface area contributed by atoms with Gasteiger partial charge in [-0.05, 0) is 18.6 Å². The third-order valence-corrected chi connectivity index (χ3v) is 5.64. The molecule has 0 radical (unpaired) electrons. The van der Waals surface area contributed by atoms with Crippen LogP contribution >= 0.6 is 0 Å². The van der Waals surface area contributed by atoms with Crippen LogP contribution in [0.3, 0.4) is 0 Å². The van der Waals surface area contributed by atoms with Crippen molar-refractivity contribution < 1.29 is 33.2 Å². The highest BCUT2D eigenvalue weighted by Crippen LogP contribution is 2.38. The first-order valence-electron chi connectivity index (χ1n) is 10.8. The van der Waals surface area contributed by atoms with Crippen LogP contribution in [0.15, 0.2) is 12.1 Å². The van der Waals surface area contributed by atoms with E-state index in [1.54, 1.807) is 12.1 Å². The van der Waals surface area contributed by atoms with Gasteiger partial charge in [0.25, 0.3) is 0 Å². The van der Waals surface area contributed by atoms with Gasteiger partial charge in [-0.15, -0.1) is 0 Å². The van der Waals surface area contributed by atoms with Gasteiger partial charge in [0, 0.05) is 39.3 Å². The molecule has 2 heterocycles. The zero-order valence-corrected chi connectivity index (χ0v) is 18.8. The van der Waals surface area contributed by atoms with Crippen LogP contribution in [-0.2, 0) is 14.2 Å². The summed E-state index contributed by atoms with van der Waals surface area (Å²) in [7, 11) is 4.55. The summed E-state index contributed by atoms with van der Waals surface area (Å²) in [6.07, 6.45) is 1.25. The van der Waals surface area contributed by atoms with Gasteiger partial charge in [0.05, 0.1) is 52.8 Å². The number of esters is 1. The highest BCUT2D eigenvalue weighted by Gasteiger charge is 2.24. The molecule has 1 aromatic rings. The van der Waals surface area contributed by atoms with Crippen LogP contribution in [0.25, 0.3) is 0 Å².